The largest absolute Gasteiger partial charge is 0.411 e. The van der Waals surface area contributed by atoms with E-state index in [1.807, 2.05) is 41.2 Å². The Hall–Kier alpha value is -2.03. The summed E-state index contributed by atoms with van der Waals surface area (Å²) in [5, 5.41) is 11.4. The van der Waals surface area contributed by atoms with E-state index in [0.717, 1.165) is 12.1 Å². The van der Waals surface area contributed by atoms with Crippen LogP contribution in [-0.4, -0.2) is 16.0 Å². The molecule has 76 valence electrons. The molecule has 1 N–H and O–H groups in total. The lowest BCUT2D eigenvalue weighted by atomic mass is 10.2. The molecule has 3 heteroatoms. The maximum atomic E-state index is 8.38. The van der Waals surface area contributed by atoms with Crippen LogP contribution in [0.3, 0.4) is 0 Å². The molecule has 0 amide bonds. The van der Waals surface area contributed by atoms with Gasteiger partial charge in [0.15, 0.2) is 0 Å². The van der Waals surface area contributed by atoms with Crippen LogP contribution in [0.2, 0.25) is 0 Å². The van der Waals surface area contributed by atoms with E-state index in [-0.39, 0.29) is 0 Å². The molecule has 0 aliphatic heterocycles. The first kappa shape index (κ1) is 9.52. The van der Waals surface area contributed by atoms with E-state index in [1.54, 1.807) is 0 Å². The molecule has 0 saturated heterocycles. The minimum atomic E-state index is 0.833. The van der Waals surface area contributed by atoms with Gasteiger partial charge in [0.25, 0.3) is 0 Å². The van der Waals surface area contributed by atoms with Gasteiger partial charge in [0.1, 0.15) is 0 Å². The van der Waals surface area contributed by atoms with Gasteiger partial charge in [0.2, 0.25) is 0 Å². The fourth-order valence-electron chi connectivity index (χ4n) is 1.49. The van der Waals surface area contributed by atoms with Gasteiger partial charge in [-0.1, -0.05) is 35.5 Å². The third-order valence-corrected chi connectivity index (χ3v) is 2.19. The van der Waals surface area contributed by atoms with Crippen LogP contribution in [0, 0.1) is 0 Å². The molecule has 1 aromatic heterocycles. The van der Waals surface area contributed by atoms with Gasteiger partial charge in [0.05, 0.1) is 6.21 Å². The Morgan fingerprint density at radius 3 is 2.73 bits per heavy atom. The molecule has 0 saturated carbocycles. The van der Waals surface area contributed by atoms with Crippen LogP contribution in [0.15, 0.2) is 53.9 Å². The van der Waals surface area contributed by atoms with Crippen LogP contribution in [0.4, 0.5) is 0 Å². The lowest BCUT2D eigenvalue weighted by Crippen LogP contribution is -1.95. The summed E-state index contributed by atoms with van der Waals surface area (Å²) in [7, 11) is 0. The number of rotatable bonds is 3. The predicted molar refractivity (Wildman–Crippen MR) is 59.4 cm³/mol. The molecular weight excluding hydrogens is 188 g/mol. The van der Waals surface area contributed by atoms with E-state index in [0.29, 0.717) is 0 Å². The summed E-state index contributed by atoms with van der Waals surface area (Å²) >= 11 is 0. The second-order valence-electron chi connectivity index (χ2n) is 3.35. The predicted octanol–water partition coefficient (Wildman–Crippen LogP) is 2.34. The third kappa shape index (κ3) is 2.47. The summed E-state index contributed by atoms with van der Waals surface area (Å²) in [6, 6.07) is 12.1. The summed E-state index contributed by atoms with van der Waals surface area (Å²) in [4.78, 5) is 0. The molecule has 0 bridgehead atoms. The van der Waals surface area contributed by atoms with E-state index in [9.17, 15) is 0 Å². The van der Waals surface area contributed by atoms with Crippen molar-refractivity contribution < 1.29 is 5.21 Å². The number of oxime groups is 1. The van der Waals surface area contributed by atoms with Crippen molar-refractivity contribution in [2.45, 2.75) is 6.54 Å². The van der Waals surface area contributed by atoms with Crippen molar-refractivity contribution in [2.24, 2.45) is 5.16 Å². The van der Waals surface area contributed by atoms with Gasteiger partial charge in [-0.15, -0.1) is 0 Å². The van der Waals surface area contributed by atoms with Gasteiger partial charge in [-0.25, -0.2) is 0 Å². The zero-order valence-electron chi connectivity index (χ0n) is 8.24. The first-order chi connectivity index (χ1) is 7.38. The maximum absolute atomic E-state index is 8.38. The monoisotopic (exact) mass is 200 g/mol. The summed E-state index contributed by atoms with van der Waals surface area (Å²) in [5.74, 6) is 0. The molecule has 3 nitrogen and oxygen atoms in total. The average molecular weight is 200 g/mol. The Bertz CT molecular complexity index is 446. The lowest BCUT2D eigenvalue weighted by Gasteiger charge is -2.01. The molecule has 1 aromatic carbocycles. The van der Waals surface area contributed by atoms with Crippen molar-refractivity contribution in [1.82, 2.24) is 4.57 Å². The van der Waals surface area contributed by atoms with Crippen molar-refractivity contribution in [3.05, 3.63) is 59.9 Å². The fraction of sp³-hybridized carbons (Fsp3) is 0.0833. The highest BCUT2D eigenvalue weighted by Crippen LogP contribution is 2.04. The SMILES string of the molecule is ON=Cc1ccn(Cc2ccccc2)c1. The molecule has 0 aliphatic carbocycles. The first-order valence-corrected chi connectivity index (χ1v) is 4.75. The Labute approximate surface area is 88.3 Å². The number of hydrogen-bond donors (Lipinski definition) is 1. The third-order valence-electron chi connectivity index (χ3n) is 2.19. The van der Waals surface area contributed by atoms with Gasteiger partial charge in [-0.2, -0.15) is 0 Å². The molecule has 0 unspecified atom stereocenters. The van der Waals surface area contributed by atoms with Gasteiger partial charge in [-0.05, 0) is 11.6 Å². The Kier molecular flexibility index (Phi) is 2.83. The molecule has 2 aromatic rings. The maximum Gasteiger partial charge on any atom is 0.0749 e. The summed E-state index contributed by atoms with van der Waals surface area (Å²) in [5.41, 5.74) is 2.15. The first-order valence-electron chi connectivity index (χ1n) is 4.75. The van der Waals surface area contributed by atoms with E-state index >= 15 is 0 Å². The van der Waals surface area contributed by atoms with Crippen molar-refractivity contribution >= 4 is 6.21 Å². The van der Waals surface area contributed by atoms with Gasteiger partial charge in [-0.3, -0.25) is 0 Å². The van der Waals surface area contributed by atoms with Crippen LogP contribution in [0.25, 0.3) is 0 Å². The molecular formula is C12H12N2O. The second-order valence-corrected chi connectivity index (χ2v) is 3.35. The normalized spacial score (nSPS) is 10.9. The van der Waals surface area contributed by atoms with Crippen LogP contribution in [0.5, 0.6) is 0 Å². The Morgan fingerprint density at radius 1 is 1.20 bits per heavy atom. The Balaban J connectivity index is 2.11. The van der Waals surface area contributed by atoms with Crippen LogP contribution < -0.4 is 0 Å². The highest BCUT2D eigenvalue weighted by molar-refractivity contribution is 5.78. The lowest BCUT2D eigenvalue weighted by molar-refractivity contribution is 0.322. The van der Waals surface area contributed by atoms with Gasteiger partial charge in [0, 0.05) is 24.5 Å². The number of benzene rings is 1. The average Bonchev–Trinajstić information content (AvgIpc) is 2.68. The van der Waals surface area contributed by atoms with E-state index in [2.05, 4.69) is 17.3 Å². The number of aromatic nitrogens is 1. The molecule has 0 atom stereocenters. The second kappa shape index (κ2) is 4.46. The summed E-state index contributed by atoms with van der Waals surface area (Å²) in [6.45, 7) is 0.833. The smallest absolute Gasteiger partial charge is 0.0749 e. The summed E-state index contributed by atoms with van der Waals surface area (Å²) < 4.78 is 2.05. The highest BCUT2D eigenvalue weighted by atomic mass is 16.4. The Morgan fingerprint density at radius 2 is 2.00 bits per heavy atom. The van der Waals surface area contributed by atoms with E-state index < -0.39 is 0 Å². The molecule has 0 spiro atoms. The van der Waals surface area contributed by atoms with Gasteiger partial charge < -0.3 is 9.77 Å². The van der Waals surface area contributed by atoms with Crippen LogP contribution in [0.1, 0.15) is 11.1 Å². The molecule has 0 aliphatic rings. The van der Waals surface area contributed by atoms with Crippen molar-refractivity contribution in [3.8, 4) is 0 Å². The molecule has 0 radical (unpaired) electrons. The molecule has 1 heterocycles. The number of hydrogen-bond acceptors (Lipinski definition) is 2. The van der Waals surface area contributed by atoms with E-state index in [1.165, 1.54) is 11.8 Å². The molecule has 0 fully saturated rings. The van der Waals surface area contributed by atoms with Crippen LogP contribution >= 0.6 is 0 Å². The fourth-order valence-corrected chi connectivity index (χ4v) is 1.49. The van der Waals surface area contributed by atoms with Crippen molar-refractivity contribution in [2.75, 3.05) is 0 Å². The van der Waals surface area contributed by atoms with Gasteiger partial charge >= 0.3 is 0 Å². The zero-order chi connectivity index (χ0) is 10.5. The topological polar surface area (TPSA) is 37.5 Å². The van der Waals surface area contributed by atoms with Crippen molar-refractivity contribution in [3.63, 3.8) is 0 Å². The highest BCUT2D eigenvalue weighted by Gasteiger charge is 1.95. The minimum Gasteiger partial charge on any atom is -0.411 e. The van der Waals surface area contributed by atoms with Crippen LogP contribution in [-0.2, 0) is 6.54 Å². The standard InChI is InChI=1S/C12H12N2O/c15-13-8-12-6-7-14(10-12)9-11-4-2-1-3-5-11/h1-8,10,15H,9H2. The zero-order valence-corrected chi connectivity index (χ0v) is 8.24. The number of nitrogens with zero attached hydrogens (tertiary/aromatic N) is 2. The molecule has 2 rings (SSSR count). The quantitative estimate of drug-likeness (QED) is 0.461. The molecule has 15 heavy (non-hydrogen) atoms. The van der Waals surface area contributed by atoms with E-state index in [4.69, 9.17) is 5.21 Å². The minimum absolute atomic E-state index is 0.833. The van der Waals surface area contributed by atoms with Crippen molar-refractivity contribution in [1.29, 1.82) is 0 Å². The summed E-state index contributed by atoms with van der Waals surface area (Å²) in [6.07, 6.45) is 5.32.